The summed E-state index contributed by atoms with van der Waals surface area (Å²) in [4.78, 5) is 17.0. The quantitative estimate of drug-likeness (QED) is 0.617. The molecule has 0 radical (unpaired) electrons. The number of nitrogens with one attached hydrogen (secondary N) is 1. The van der Waals surface area contributed by atoms with Gasteiger partial charge < -0.3 is 14.7 Å². The first-order valence-corrected chi connectivity index (χ1v) is 8.60. The molecule has 138 valence electrons. The topological polar surface area (TPSA) is 86.1 Å². The van der Waals surface area contributed by atoms with Crippen LogP contribution in [-0.2, 0) is 0 Å². The maximum Gasteiger partial charge on any atom is 0.264 e. The second-order valence-corrected chi connectivity index (χ2v) is 6.42. The highest BCUT2D eigenvalue weighted by molar-refractivity contribution is 7.71. The van der Waals surface area contributed by atoms with Gasteiger partial charge in [-0.1, -0.05) is 0 Å². The number of hydrogen-bond acceptors (Lipinski definition) is 7. The van der Waals surface area contributed by atoms with Crippen LogP contribution in [0.5, 0.6) is 11.6 Å². The maximum atomic E-state index is 12.2. The normalized spacial score (nSPS) is 15.5. The van der Waals surface area contributed by atoms with Crippen molar-refractivity contribution in [2.45, 2.75) is 0 Å². The van der Waals surface area contributed by atoms with Crippen LogP contribution in [0.1, 0.15) is 5.56 Å². The lowest BCUT2D eigenvalue weighted by Gasteiger charge is -2.30. The van der Waals surface area contributed by atoms with Crippen LogP contribution in [0.4, 0.5) is 0 Å². The molecule has 0 bridgehead atoms. The summed E-state index contributed by atoms with van der Waals surface area (Å²) in [5.74, 6) is 0.433. The van der Waals surface area contributed by atoms with E-state index >= 15 is 0 Å². The van der Waals surface area contributed by atoms with Crippen LogP contribution in [0.3, 0.4) is 0 Å². The van der Waals surface area contributed by atoms with Crippen LogP contribution in [0.25, 0.3) is 5.69 Å². The molecular weight excluding hydrogens is 354 g/mol. The van der Waals surface area contributed by atoms with Crippen molar-refractivity contribution in [1.82, 2.24) is 19.5 Å². The second kappa shape index (κ2) is 7.71. The Kier molecular flexibility index (Phi) is 5.38. The molecule has 1 aromatic carbocycles. The largest absolute Gasteiger partial charge is 0.497 e. The number of aromatic amines is 1. The molecule has 2 heterocycles. The Morgan fingerprint density at radius 2 is 1.88 bits per heavy atom. The van der Waals surface area contributed by atoms with Crippen molar-refractivity contribution in [2.24, 2.45) is 5.10 Å². The van der Waals surface area contributed by atoms with Gasteiger partial charge in [-0.05, 0) is 43.5 Å². The average molecular weight is 375 g/mol. The summed E-state index contributed by atoms with van der Waals surface area (Å²) in [6.45, 7) is 3.33. The Morgan fingerprint density at radius 1 is 1.23 bits per heavy atom. The lowest BCUT2D eigenvalue weighted by atomic mass is 10.2. The third kappa shape index (κ3) is 3.78. The predicted molar refractivity (Wildman–Crippen MR) is 102 cm³/mol. The molecule has 1 fully saturated rings. The molecule has 1 aromatic heterocycles. The number of ether oxygens (including phenoxy) is 1. The van der Waals surface area contributed by atoms with Crippen LogP contribution < -0.4 is 10.3 Å². The summed E-state index contributed by atoms with van der Waals surface area (Å²) in [6.07, 6.45) is 1.38. The minimum Gasteiger partial charge on any atom is -0.497 e. The highest BCUT2D eigenvalue weighted by atomic mass is 32.1. The number of piperazine rings is 1. The molecule has 2 aromatic rings. The Balaban J connectivity index is 1.96. The summed E-state index contributed by atoms with van der Waals surface area (Å²) in [5, 5.41) is 16.8. The summed E-state index contributed by atoms with van der Waals surface area (Å²) in [6, 6.07) is 6.99. The van der Waals surface area contributed by atoms with Crippen LogP contribution in [-0.4, -0.2) is 71.1 Å². The zero-order valence-corrected chi connectivity index (χ0v) is 15.5. The fraction of sp³-hybridized carbons (Fsp3) is 0.353. The second-order valence-electron chi connectivity index (χ2n) is 6.03. The number of hydrogen-bond donors (Lipinski definition) is 2. The van der Waals surface area contributed by atoms with E-state index < -0.39 is 5.56 Å². The van der Waals surface area contributed by atoms with E-state index in [9.17, 15) is 9.90 Å². The van der Waals surface area contributed by atoms with Gasteiger partial charge in [0, 0.05) is 26.2 Å². The summed E-state index contributed by atoms with van der Waals surface area (Å²) < 4.78 is 6.63. The molecule has 0 saturated carbocycles. The third-order valence-electron chi connectivity index (χ3n) is 4.28. The number of hydrazone groups is 1. The number of nitrogens with zero attached hydrogens (tertiary/aromatic N) is 4. The van der Waals surface area contributed by atoms with Crippen molar-refractivity contribution in [3.8, 4) is 17.3 Å². The molecule has 0 unspecified atom stereocenters. The standard InChI is InChI=1S/C17H21N5O3S/c1-20-7-9-21(10-8-20)18-11-14-15(23)19-17(26)22(16(14)24)12-3-5-13(25-2)6-4-12/h3-6,11,24H,7-10H2,1-2H3,(H,19,23,26). The van der Waals surface area contributed by atoms with Crippen LogP contribution in [0, 0.1) is 4.77 Å². The molecule has 0 amide bonds. The zero-order chi connectivity index (χ0) is 18.7. The Labute approximate surface area is 155 Å². The number of rotatable bonds is 4. The van der Waals surface area contributed by atoms with E-state index in [1.165, 1.54) is 10.8 Å². The number of aromatic hydroxyl groups is 1. The first kappa shape index (κ1) is 18.2. The van der Waals surface area contributed by atoms with E-state index in [0.717, 1.165) is 26.2 Å². The predicted octanol–water partition coefficient (Wildman–Crippen LogP) is 1.19. The van der Waals surface area contributed by atoms with Gasteiger partial charge in [0.2, 0.25) is 5.88 Å². The first-order valence-electron chi connectivity index (χ1n) is 8.20. The Bertz CT molecular complexity index is 911. The molecule has 0 atom stereocenters. The SMILES string of the molecule is COc1ccc(-n2c(O)c(C=NN3CCN(C)CC3)c(=O)[nH]c2=S)cc1. The number of methoxy groups -OCH3 is 1. The van der Waals surface area contributed by atoms with Crippen molar-refractivity contribution >= 4 is 18.4 Å². The summed E-state index contributed by atoms with van der Waals surface area (Å²) >= 11 is 5.21. The van der Waals surface area contributed by atoms with E-state index in [1.807, 2.05) is 5.01 Å². The van der Waals surface area contributed by atoms with Gasteiger partial charge in [-0.3, -0.25) is 19.4 Å². The lowest BCUT2D eigenvalue weighted by Crippen LogP contribution is -2.41. The van der Waals surface area contributed by atoms with Gasteiger partial charge in [0.15, 0.2) is 4.77 Å². The molecule has 1 aliphatic heterocycles. The van der Waals surface area contributed by atoms with Crippen LogP contribution in [0.2, 0.25) is 0 Å². The molecule has 0 aliphatic carbocycles. The molecule has 9 heteroatoms. The zero-order valence-electron chi connectivity index (χ0n) is 14.7. The van der Waals surface area contributed by atoms with Gasteiger partial charge in [-0.25, -0.2) is 0 Å². The van der Waals surface area contributed by atoms with E-state index in [0.29, 0.717) is 11.4 Å². The molecule has 2 N–H and O–H groups in total. The van der Waals surface area contributed by atoms with Crippen LogP contribution >= 0.6 is 12.2 Å². The van der Waals surface area contributed by atoms with Crippen molar-refractivity contribution in [1.29, 1.82) is 0 Å². The number of aromatic nitrogens is 2. The molecule has 1 saturated heterocycles. The van der Waals surface area contributed by atoms with Crippen molar-refractivity contribution < 1.29 is 9.84 Å². The van der Waals surface area contributed by atoms with E-state index in [1.54, 1.807) is 31.4 Å². The Morgan fingerprint density at radius 3 is 2.50 bits per heavy atom. The monoisotopic (exact) mass is 375 g/mol. The van der Waals surface area contributed by atoms with Crippen molar-refractivity contribution in [2.75, 3.05) is 40.3 Å². The average Bonchev–Trinajstić information content (AvgIpc) is 2.63. The van der Waals surface area contributed by atoms with Gasteiger partial charge in [0.1, 0.15) is 11.3 Å². The molecule has 8 nitrogen and oxygen atoms in total. The maximum absolute atomic E-state index is 12.2. The van der Waals surface area contributed by atoms with Gasteiger partial charge in [0.25, 0.3) is 5.56 Å². The summed E-state index contributed by atoms with van der Waals surface area (Å²) in [5.41, 5.74) is 0.197. The molecule has 3 rings (SSSR count). The number of H-pyrrole nitrogens is 1. The van der Waals surface area contributed by atoms with Gasteiger partial charge in [-0.15, -0.1) is 0 Å². The summed E-state index contributed by atoms with van der Waals surface area (Å²) in [7, 11) is 3.63. The molecular formula is C17H21N5O3S. The molecule has 1 aliphatic rings. The van der Waals surface area contributed by atoms with Gasteiger partial charge >= 0.3 is 0 Å². The van der Waals surface area contributed by atoms with E-state index in [4.69, 9.17) is 17.0 Å². The van der Waals surface area contributed by atoms with E-state index in [-0.39, 0.29) is 16.2 Å². The fourth-order valence-electron chi connectivity index (χ4n) is 2.68. The van der Waals surface area contributed by atoms with Crippen LogP contribution in [0.15, 0.2) is 34.2 Å². The van der Waals surface area contributed by atoms with Gasteiger partial charge in [-0.2, -0.15) is 5.10 Å². The van der Waals surface area contributed by atoms with Crippen molar-refractivity contribution in [3.05, 3.63) is 45.0 Å². The molecule has 26 heavy (non-hydrogen) atoms. The lowest BCUT2D eigenvalue weighted by molar-refractivity contribution is 0.159. The highest BCUT2D eigenvalue weighted by Gasteiger charge is 2.15. The van der Waals surface area contributed by atoms with Crippen molar-refractivity contribution in [3.63, 3.8) is 0 Å². The first-order chi connectivity index (χ1) is 12.5. The Hall–Kier alpha value is -2.65. The smallest absolute Gasteiger partial charge is 0.264 e. The van der Waals surface area contributed by atoms with Gasteiger partial charge in [0.05, 0.1) is 19.0 Å². The number of likely N-dealkylation sites (N-methyl/N-ethyl adjacent to an activating group) is 1. The minimum atomic E-state index is -0.477. The highest BCUT2D eigenvalue weighted by Crippen LogP contribution is 2.21. The number of benzene rings is 1. The minimum absolute atomic E-state index is 0.0633. The molecule has 0 spiro atoms. The fourth-order valence-corrected chi connectivity index (χ4v) is 2.96. The van der Waals surface area contributed by atoms with E-state index in [2.05, 4.69) is 22.0 Å². The third-order valence-corrected chi connectivity index (χ3v) is 4.57.